The third-order valence-corrected chi connectivity index (χ3v) is 4.91. The summed E-state index contributed by atoms with van der Waals surface area (Å²) in [5, 5.41) is 10.3. The Morgan fingerprint density at radius 3 is 2.72 bits per heavy atom. The minimum absolute atomic E-state index is 0.243. The van der Waals surface area contributed by atoms with Crippen molar-refractivity contribution in [3.63, 3.8) is 0 Å². The maximum Gasteiger partial charge on any atom is 0.255 e. The summed E-state index contributed by atoms with van der Waals surface area (Å²) in [4.78, 5) is 21.6. The fraction of sp³-hybridized carbons (Fsp3) is 0.167. The van der Waals surface area contributed by atoms with Gasteiger partial charge in [0, 0.05) is 44.3 Å². The van der Waals surface area contributed by atoms with Crippen molar-refractivity contribution >= 4 is 11.7 Å². The number of pyridine rings is 2. The van der Waals surface area contributed by atoms with E-state index in [1.165, 1.54) is 12.1 Å². The summed E-state index contributed by atoms with van der Waals surface area (Å²) in [6.07, 6.45) is 7.57. The van der Waals surface area contributed by atoms with Gasteiger partial charge in [-0.05, 0) is 47.9 Å². The number of amides is 1. The molecule has 7 nitrogen and oxygen atoms in total. The number of anilines is 1. The molecule has 2 N–H and O–H groups in total. The van der Waals surface area contributed by atoms with Gasteiger partial charge in [-0.25, -0.2) is 9.37 Å². The number of carbonyl (C=O) groups excluding carboxylic acids is 1. The second-order valence-corrected chi connectivity index (χ2v) is 7.35. The van der Waals surface area contributed by atoms with Crippen LogP contribution in [0.3, 0.4) is 0 Å². The number of aryl methyl sites for hydroxylation is 1. The van der Waals surface area contributed by atoms with Crippen molar-refractivity contribution in [2.24, 2.45) is 7.05 Å². The zero-order chi connectivity index (χ0) is 22.3. The summed E-state index contributed by atoms with van der Waals surface area (Å²) in [5.41, 5.74) is 3.75. The van der Waals surface area contributed by atoms with Crippen molar-refractivity contribution in [3.05, 3.63) is 95.8 Å². The summed E-state index contributed by atoms with van der Waals surface area (Å²) in [6, 6.07) is 13.7. The first-order valence-corrected chi connectivity index (χ1v) is 10.2. The first-order valence-electron chi connectivity index (χ1n) is 10.2. The van der Waals surface area contributed by atoms with E-state index in [1.807, 2.05) is 31.4 Å². The maximum atomic E-state index is 13.5. The molecule has 0 saturated carbocycles. The smallest absolute Gasteiger partial charge is 0.255 e. The molecule has 3 heterocycles. The van der Waals surface area contributed by atoms with Gasteiger partial charge in [0.05, 0.1) is 17.5 Å². The molecule has 0 spiro atoms. The third kappa shape index (κ3) is 5.34. The Kier molecular flexibility index (Phi) is 6.50. The van der Waals surface area contributed by atoms with E-state index in [0.717, 1.165) is 16.7 Å². The van der Waals surface area contributed by atoms with E-state index >= 15 is 0 Å². The highest BCUT2D eigenvalue weighted by atomic mass is 19.1. The number of aromatic nitrogens is 4. The predicted molar refractivity (Wildman–Crippen MR) is 120 cm³/mol. The quantitative estimate of drug-likeness (QED) is 0.446. The monoisotopic (exact) mass is 430 g/mol. The number of hydrogen-bond donors (Lipinski definition) is 2. The molecular formula is C24H23FN6O. The van der Waals surface area contributed by atoms with Crippen LogP contribution in [-0.2, 0) is 20.0 Å². The molecule has 0 aliphatic carbocycles. The number of benzene rings is 1. The minimum atomic E-state index is -0.269. The van der Waals surface area contributed by atoms with Crippen molar-refractivity contribution in [2.45, 2.75) is 13.0 Å². The van der Waals surface area contributed by atoms with Crippen LogP contribution in [0.4, 0.5) is 10.2 Å². The van der Waals surface area contributed by atoms with E-state index < -0.39 is 0 Å². The van der Waals surface area contributed by atoms with Gasteiger partial charge >= 0.3 is 0 Å². The average Bonchev–Trinajstić information content (AvgIpc) is 3.24. The molecule has 162 valence electrons. The van der Waals surface area contributed by atoms with Gasteiger partial charge in [-0.15, -0.1) is 0 Å². The van der Waals surface area contributed by atoms with Gasteiger partial charge in [-0.3, -0.25) is 14.5 Å². The van der Waals surface area contributed by atoms with Crippen LogP contribution in [0, 0.1) is 5.82 Å². The standard InChI is InChI=1S/C24H23FN6O/c1-31-16-19(15-29-31)22-8-7-21(24(32)28-14-18-5-3-10-26-13-18)23(30-22)27-11-9-17-4-2-6-20(25)12-17/h2-8,10,12-13,15-16H,9,11,14H2,1H3,(H,27,30)(H,28,32). The molecule has 1 aromatic carbocycles. The van der Waals surface area contributed by atoms with E-state index in [1.54, 1.807) is 41.5 Å². The Morgan fingerprint density at radius 2 is 1.97 bits per heavy atom. The van der Waals surface area contributed by atoms with Crippen molar-refractivity contribution in [1.29, 1.82) is 0 Å². The summed E-state index contributed by atoms with van der Waals surface area (Å²) < 4.78 is 15.2. The van der Waals surface area contributed by atoms with Gasteiger partial charge in [0.1, 0.15) is 11.6 Å². The van der Waals surface area contributed by atoms with Crippen LogP contribution < -0.4 is 10.6 Å². The second-order valence-electron chi connectivity index (χ2n) is 7.35. The van der Waals surface area contributed by atoms with Crippen LogP contribution >= 0.6 is 0 Å². The summed E-state index contributed by atoms with van der Waals surface area (Å²) in [5.74, 6) is -0.0477. The second kappa shape index (κ2) is 9.82. The molecule has 3 aromatic heterocycles. The van der Waals surface area contributed by atoms with Crippen LogP contribution in [0.2, 0.25) is 0 Å². The molecule has 0 fully saturated rings. The first-order chi connectivity index (χ1) is 15.6. The van der Waals surface area contributed by atoms with Crippen molar-refractivity contribution in [3.8, 4) is 11.3 Å². The first kappa shape index (κ1) is 21.2. The molecule has 0 atom stereocenters. The molecule has 8 heteroatoms. The van der Waals surface area contributed by atoms with Crippen LogP contribution in [0.15, 0.2) is 73.3 Å². The lowest BCUT2D eigenvalue weighted by Gasteiger charge is -2.13. The Labute approximate surface area is 185 Å². The Hall–Kier alpha value is -4.07. The molecule has 0 aliphatic heterocycles. The fourth-order valence-corrected chi connectivity index (χ4v) is 3.29. The highest BCUT2D eigenvalue weighted by Crippen LogP contribution is 2.22. The lowest BCUT2D eigenvalue weighted by molar-refractivity contribution is 0.0951. The van der Waals surface area contributed by atoms with Gasteiger partial charge in [-0.2, -0.15) is 5.10 Å². The van der Waals surface area contributed by atoms with Crippen LogP contribution in [-0.4, -0.2) is 32.2 Å². The fourth-order valence-electron chi connectivity index (χ4n) is 3.29. The van der Waals surface area contributed by atoms with Gasteiger partial charge < -0.3 is 10.6 Å². The van der Waals surface area contributed by atoms with Gasteiger partial charge in [0.25, 0.3) is 5.91 Å². The number of rotatable bonds is 8. The molecule has 0 aliphatic rings. The van der Waals surface area contributed by atoms with Gasteiger partial charge in [0.15, 0.2) is 0 Å². The number of halogens is 1. The van der Waals surface area contributed by atoms with Gasteiger partial charge in [0.2, 0.25) is 0 Å². The Morgan fingerprint density at radius 1 is 1.09 bits per heavy atom. The highest BCUT2D eigenvalue weighted by Gasteiger charge is 2.15. The zero-order valence-electron chi connectivity index (χ0n) is 17.6. The molecule has 0 unspecified atom stereocenters. The molecule has 1 amide bonds. The molecule has 0 saturated heterocycles. The topological polar surface area (TPSA) is 84.7 Å². The summed E-state index contributed by atoms with van der Waals surface area (Å²) >= 11 is 0. The summed E-state index contributed by atoms with van der Waals surface area (Å²) in [7, 11) is 1.84. The molecular weight excluding hydrogens is 407 g/mol. The maximum absolute atomic E-state index is 13.5. The molecule has 32 heavy (non-hydrogen) atoms. The largest absolute Gasteiger partial charge is 0.369 e. The lowest BCUT2D eigenvalue weighted by Crippen LogP contribution is -2.24. The molecule has 0 radical (unpaired) electrons. The molecule has 4 aromatic rings. The van der Waals surface area contributed by atoms with Crippen molar-refractivity contribution in [1.82, 2.24) is 25.1 Å². The van der Waals surface area contributed by atoms with E-state index in [2.05, 4.69) is 25.7 Å². The van der Waals surface area contributed by atoms with Crippen LogP contribution in [0.5, 0.6) is 0 Å². The number of nitrogens with zero attached hydrogens (tertiary/aromatic N) is 4. The SMILES string of the molecule is Cn1cc(-c2ccc(C(=O)NCc3cccnc3)c(NCCc3cccc(F)c3)n2)cn1. The van der Waals surface area contributed by atoms with E-state index in [4.69, 9.17) is 0 Å². The third-order valence-electron chi connectivity index (χ3n) is 4.91. The normalized spacial score (nSPS) is 10.7. The minimum Gasteiger partial charge on any atom is -0.369 e. The van der Waals surface area contributed by atoms with Crippen LogP contribution in [0.1, 0.15) is 21.5 Å². The molecule has 4 rings (SSSR count). The van der Waals surface area contributed by atoms with Crippen LogP contribution in [0.25, 0.3) is 11.3 Å². The van der Waals surface area contributed by atoms with Gasteiger partial charge in [-0.1, -0.05) is 18.2 Å². The van der Waals surface area contributed by atoms with E-state index in [0.29, 0.717) is 36.6 Å². The number of hydrogen-bond acceptors (Lipinski definition) is 5. The highest BCUT2D eigenvalue weighted by molar-refractivity contribution is 5.99. The van der Waals surface area contributed by atoms with Crippen molar-refractivity contribution in [2.75, 3.05) is 11.9 Å². The average molecular weight is 430 g/mol. The van der Waals surface area contributed by atoms with E-state index in [-0.39, 0.29) is 11.7 Å². The Balaban J connectivity index is 1.53. The lowest BCUT2D eigenvalue weighted by atomic mass is 10.1. The zero-order valence-corrected chi connectivity index (χ0v) is 17.6. The molecule has 0 bridgehead atoms. The van der Waals surface area contributed by atoms with Crippen molar-refractivity contribution < 1.29 is 9.18 Å². The number of nitrogens with one attached hydrogen (secondary N) is 2. The predicted octanol–water partition coefficient (Wildman–Crippen LogP) is 3.60. The van der Waals surface area contributed by atoms with E-state index in [9.17, 15) is 9.18 Å². The number of carbonyl (C=O) groups is 1. The Bertz CT molecular complexity index is 1210. The summed E-state index contributed by atoms with van der Waals surface area (Å²) in [6.45, 7) is 0.857.